The molecule has 5 aromatic rings. The predicted octanol–water partition coefficient (Wildman–Crippen LogP) is 6.91. The lowest BCUT2D eigenvalue weighted by molar-refractivity contribution is -0.144. The zero-order valence-corrected chi connectivity index (χ0v) is 28.1. The molecule has 0 unspecified atom stereocenters. The highest BCUT2D eigenvalue weighted by atomic mass is 19.4. The Hall–Kier alpha value is -5.49. The quantitative estimate of drug-likeness (QED) is 0.124. The van der Waals surface area contributed by atoms with Gasteiger partial charge in [-0.15, -0.1) is 0 Å². The molecule has 1 amide bonds. The van der Waals surface area contributed by atoms with Gasteiger partial charge in [0.1, 0.15) is 35.2 Å². The third-order valence-corrected chi connectivity index (χ3v) is 9.53. The van der Waals surface area contributed by atoms with Crippen LogP contribution in [0.5, 0.6) is 0 Å². The molecule has 1 saturated carbocycles. The van der Waals surface area contributed by atoms with E-state index in [1.807, 2.05) is 0 Å². The van der Waals surface area contributed by atoms with Crippen molar-refractivity contribution in [2.24, 2.45) is 5.92 Å². The van der Waals surface area contributed by atoms with Crippen LogP contribution in [0, 0.1) is 29.4 Å². The van der Waals surface area contributed by atoms with Gasteiger partial charge in [-0.2, -0.15) is 27.1 Å². The largest absolute Gasteiger partial charge is 0.435 e. The Kier molecular flexibility index (Phi) is 8.72. The van der Waals surface area contributed by atoms with Crippen LogP contribution in [0.3, 0.4) is 0 Å². The first-order chi connectivity index (χ1) is 24.9. The summed E-state index contributed by atoms with van der Waals surface area (Å²) in [7, 11) is 0. The number of aromatic nitrogens is 4. The molecule has 0 aliphatic heterocycles. The molecular formula is C38H30F7N5O3. The van der Waals surface area contributed by atoms with Crippen LogP contribution in [0.15, 0.2) is 65.6 Å². The maximum absolute atomic E-state index is 15.5. The number of fused-ring (bicyclic) bond motifs is 4. The number of alkyl halides is 5. The zero-order chi connectivity index (χ0) is 38.0. The molecule has 0 spiro atoms. The molecule has 3 aromatic heterocycles. The number of nitrogens with zero attached hydrogens (tertiary/aromatic N) is 3. The maximum Gasteiger partial charge on any atom is 0.435 e. The summed E-state index contributed by atoms with van der Waals surface area (Å²) in [5.41, 5.74) is -3.88. The van der Waals surface area contributed by atoms with E-state index in [1.54, 1.807) is 30.3 Å². The van der Waals surface area contributed by atoms with Crippen LogP contribution < -0.4 is 10.9 Å². The van der Waals surface area contributed by atoms with E-state index in [2.05, 4.69) is 32.2 Å². The fourth-order valence-electron chi connectivity index (χ4n) is 7.23. The first-order valence-electron chi connectivity index (χ1n) is 16.6. The fraction of sp³-hybridized carbons (Fsp3) is 0.316. The van der Waals surface area contributed by atoms with Crippen LogP contribution >= 0.6 is 0 Å². The summed E-state index contributed by atoms with van der Waals surface area (Å²) in [5.74, 6) is -3.58. The number of hydrogen-bond donors (Lipinski definition) is 3. The summed E-state index contributed by atoms with van der Waals surface area (Å²) < 4.78 is 103. The summed E-state index contributed by atoms with van der Waals surface area (Å²) in [5, 5.41) is 17.1. The molecule has 1 fully saturated rings. The van der Waals surface area contributed by atoms with Crippen LogP contribution in [0.4, 0.5) is 30.7 Å². The number of aliphatic hydroxyl groups is 1. The lowest BCUT2D eigenvalue weighted by Crippen LogP contribution is -2.36. The zero-order valence-electron chi connectivity index (χ0n) is 28.1. The molecule has 15 heteroatoms. The second-order valence-corrected chi connectivity index (χ2v) is 13.8. The average molecular weight is 738 g/mol. The summed E-state index contributed by atoms with van der Waals surface area (Å²) in [6, 6.07) is 11.0. The van der Waals surface area contributed by atoms with E-state index in [9.17, 15) is 36.6 Å². The maximum atomic E-state index is 15.5. The van der Waals surface area contributed by atoms with Gasteiger partial charge >= 0.3 is 6.18 Å². The Morgan fingerprint density at radius 2 is 1.79 bits per heavy atom. The van der Waals surface area contributed by atoms with Gasteiger partial charge < -0.3 is 15.4 Å². The highest BCUT2D eigenvalue weighted by molar-refractivity contribution is 5.96. The Morgan fingerprint density at radius 1 is 1.06 bits per heavy atom. The molecule has 3 atom stereocenters. The first kappa shape index (κ1) is 35.9. The van der Waals surface area contributed by atoms with Crippen molar-refractivity contribution in [3.05, 3.63) is 117 Å². The second-order valence-electron chi connectivity index (χ2n) is 13.8. The molecule has 3 heterocycles. The lowest BCUT2D eigenvalue weighted by atomic mass is 9.73. The van der Waals surface area contributed by atoms with Gasteiger partial charge in [0.2, 0.25) is 5.91 Å². The van der Waals surface area contributed by atoms with Crippen molar-refractivity contribution >= 4 is 16.7 Å². The third kappa shape index (κ3) is 6.79. The Bertz CT molecular complexity index is 2380. The summed E-state index contributed by atoms with van der Waals surface area (Å²) >= 11 is 0. The van der Waals surface area contributed by atoms with Gasteiger partial charge in [-0.1, -0.05) is 18.1 Å². The van der Waals surface area contributed by atoms with Gasteiger partial charge in [-0.3, -0.25) is 14.3 Å². The summed E-state index contributed by atoms with van der Waals surface area (Å²) in [6.07, 6.45) is -3.82. The Balaban J connectivity index is 1.36. The van der Waals surface area contributed by atoms with Crippen molar-refractivity contribution in [2.75, 3.05) is 0 Å². The SMILES string of the molecule is CC(C)(O)C#Cc1ccc(-c2cccc3c(=O)[nH]ccc23)c([C@H](Cc2cc(F)cc(F)c2)NC(=O)Cn2nc(C(F)(F)F)c3c2C(F)(F)[C@@H]2CC[C@H]32)n1. The van der Waals surface area contributed by atoms with Crippen LogP contribution in [0.25, 0.3) is 21.9 Å². The van der Waals surface area contributed by atoms with Crippen LogP contribution in [0.1, 0.15) is 72.6 Å². The minimum atomic E-state index is -5.06. The molecule has 0 radical (unpaired) electrons. The number of amides is 1. The van der Waals surface area contributed by atoms with Crippen molar-refractivity contribution in [2.45, 2.75) is 69.3 Å². The number of carbonyl (C=O) groups is 1. The standard InChI is InChI=1S/C38H30F7N5O3/c1-36(2,53)12-10-22-6-7-25(23-4-3-5-26-24(23)11-13-46-35(26)52)32(47-22)29(16-19-14-20(39)17-21(40)15-19)48-30(51)18-50-34-31(33(49-50)38(43,44)45)27-8-9-28(27)37(34,41)42/h3-7,11,13-15,17,27-29,53H,8-9,16,18H2,1-2H3,(H,46,52)(H,48,51)/t27-,28+,29-/m0/s1. The van der Waals surface area contributed by atoms with Crippen molar-refractivity contribution in [1.29, 1.82) is 0 Å². The van der Waals surface area contributed by atoms with Gasteiger partial charge in [0, 0.05) is 34.7 Å². The third-order valence-electron chi connectivity index (χ3n) is 9.53. The van der Waals surface area contributed by atoms with E-state index in [-0.39, 0.29) is 36.2 Å². The summed E-state index contributed by atoms with van der Waals surface area (Å²) in [6.45, 7) is 1.84. The van der Waals surface area contributed by atoms with Crippen LogP contribution in [-0.2, 0) is 29.9 Å². The number of carbonyl (C=O) groups excluding carboxylic acids is 1. The lowest BCUT2D eigenvalue weighted by Gasteiger charge is -2.34. The summed E-state index contributed by atoms with van der Waals surface area (Å²) in [4.78, 5) is 33.8. The second kappa shape index (κ2) is 12.9. The van der Waals surface area contributed by atoms with Gasteiger partial charge in [-0.25, -0.2) is 13.8 Å². The van der Waals surface area contributed by atoms with Gasteiger partial charge in [0.15, 0.2) is 5.69 Å². The van der Waals surface area contributed by atoms with E-state index in [1.165, 1.54) is 26.1 Å². The molecule has 0 bridgehead atoms. The van der Waals surface area contributed by atoms with Crippen molar-refractivity contribution < 1.29 is 40.6 Å². The normalized spacial score (nSPS) is 18.1. The number of halogens is 7. The molecule has 8 nitrogen and oxygen atoms in total. The minimum Gasteiger partial charge on any atom is -0.378 e. The Labute approximate surface area is 297 Å². The highest BCUT2D eigenvalue weighted by Crippen LogP contribution is 2.64. The van der Waals surface area contributed by atoms with Crippen molar-refractivity contribution in [3.63, 3.8) is 0 Å². The molecule has 3 N–H and O–H groups in total. The number of benzene rings is 2. The highest BCUT2D eigenvalue weighted by Gasteiger charge is 2.63. The topological polar surface area (TPSA) is 113 Å². The van der Waals surface area contributed by atoms with E-state index in [0.29, 0.717) is 32.6 Å². The molecular weight excluding hydrogens is 707 g/mol. The first-order valence-corrected chi connectivity index (χ1v) is 16.6. The predicted molar refractivity (Wildman–Crippen MR) is 179 cm³/mol. The number of nitrogens with one attached hydrogen (secondary N) is 2. The van der Waals surface area contributed by atoms with Crippen molar-refractivity contribution in [3.8, 4) is 23.0 Å². The van der Waals surface area contributed by atoms with Gasteiger partial charge in [0.05, 0.1) is 11.7 Å². The Morgan fingerprint density at radius 3 is 2.45 bits per heavy atom. The van der Waals surface area contributed by atoms with E-state index in [0.717, 1.165) is 12.1 Å². The van der Waals surface area contributed by atoms with Gasteiger partial charge in [-0.05, 0) is 97.9 Å². The molecule has 2 aliphatic carbocycles. The number of hydrogen-bond acceptors (Lipinski definition) is 5. The molecule has 2 aliphatic rings. The molecule has 2 aromatic carbocycles. The number of H-pyrrole nitrogens is 1. The van der Waals surface area contributed by atoms with Crippen LogP contribution in [-0.4, -0.2) is 36.4 Å². The smallest absolute Gasteiger partial charge is 0.378 e. The van der Waals surface area contributed by atoms with Crippen molar-refractivity contribution in [1.82, 2.24) is 25.1 Å². The molecule has 274 valence electrons. The molecule has 0 saturated heterocycles. The van der Waals surface area contributed by atoms with E-state index in [4.69, 9.17) is 0 Å². The van der Waals surface area contributed by atoms with E-state index >= 15 is 8.78 Å². The minimum absolute atomic E-state index is 0.0172. The monoisotopic (exact) mass is 737 g/mol. The molecule has 53 heavy (non-hydrogen) atoms. The molecule has 7 rings (SSSR count). The van der Waals surface area contributed by atoms with Gasteiger partial charge in [0.25, 0.3) is 11.5 Å². The number of rotatable bonds is 7. The average Bonchev–Trinajstić information content (AvgIpc) is 3.48. The van der Waals surface area contributed by atoms with Crippen LogP contribution in [0.2, 0.25) is 0 Å². The number of aromatic amines is 1. The fourth-order valence-corrected chi connectivity index (χ4v) is 7.23. The van der Waals surface area contributed by atoms with E-state index < -0.39 is 82.2 Å². The number of pyridine rings is 2.